The van der Waals surface area contributed by atoms with E-state index in [-0.39, 0.29) is 5.91 Å². The number of halogens is 2. The number of hydrogen-bond donors (Lipinski definition) is 1. The summed E-state index contributed by atoms with van der Waals surface area (Å²) < 4.78 is 6.19. The molecular formula is C15H13BrClNO2. The molecule has 0 radical (unpaired) electrons. The molecule has 2 aromatic carbocycles. The third-order valence-corrected chi connectivity index (χ3v) is 3.40. The van der Waals surface area contributed by atoms with Crippen molar-refractivity contribution < 1.29 is 9.53 Å². The Morgan fingerprint density at radius 2 is 2.10 bits per heavy atom. The topological polar surface area (TPSA) is 38.3 Å². The lowest BCUT2D eigenvalue weighted by atomic mass is 10.2. The van der Waals surface area contributed by atoms with Gasteiger partial charge in [0.05, 0.1) is 17.2 Å². The van der Waals surface area contributed by atoms with E-state index in [4.69, 9.17) is 16.3 Å². The van der Waals surface area contributed by atoms with Gasteiger partial charge in [-0.2, -0.15) is 0 Å². The van der Waals surface area contributed by atoms with Crippen LogP contribution in [-0.2, 0) is 0 Å². The van der Waals surface area contributed by atoms with E-state index in [0.29, 0.717) is 28.6 Å². The van der Waals surface area contributed by atoms with Gasteiger partial charge in [-0.1, -0.05) is 33.6 Å². The van der Waals surface area contributed by atoms with Crippen molar-refractivity contribution in [3.8, 4) is 5.75 Å². The predicted octanol–water partition coefficient (Wildman–Crippen LogP) is 4.75. The zero-order valence-electron chi connectivity index (χ0n) is 10.8. The van der Waals surface area contributed by atoms with Crippen LogP contribution in [0.2, 0.25) is 5.02 Å². The van der Waals surface area contributed by atoms with Gasteiger partial charge in [0.15, 0.2) is 0 Å². The summed E-state index contributed by atoms with van der Waals surface area (Å²) >= 11 is 9.36. The van der Waals surface area contributed by atoms with Crippen molar-refractivity contribution in [3.63, 3.8) is 0 Å². The maximum absolute atomic E-state index is 12.2. The quantitative estimate of drug-likeness (QED) is 0.860. The lowest BCUT2D eigenvalue weighted by molar-refractivity contribution is 0.102. The van der Waals surface area contributed by atoms with Crippen molar-refractivity contribution in [2.24, 2.45) is 0 Å². The van der Waals surface area contributed by atoms with Crippen molar-refractivity contribution in [1.82, 2.24) is 0 Å². The molecule has 3 nitrogen and oxygen atoms in total. The first-order chi connectivity index (χ1) is 9.60. The van der Waals surface area contributed by atoms with Crippen LogP contribution < -0.4 is 10.1 Å². The molecule has 0 aromatic heterocycles. The van der Waals surface area contributed by atoms with E-state index in [1.54, 1.807) is 30.3 Å². The molecule has 5 heteroatoms. The van der Waals surface area contributed by atoms with Crippen molar-refractivity contribution in [3.05, 3.63) is 57.5 Å². The molecule has 0 atom stereocenters. The molecule has 1 N–H and O–H groups in total. The molecular weight excluding hydrogens is 342 g/mol. The minimum Gasteiger partial charge on any atom is -0.494 e. The number of rotatable bonds is 4. The molecule has 0 heterocycles. The van der Waals surface area contributed by atoms with Gasteiger partial charge in [0.25, 0.3) is 5.91 Å². The minimum atomic E-state index is -0.259. The lowest BCUT2D eigenvalue weighted by Crippen LogP contribution is -2.12. The summed E-state index contributed by atoms with van der Waals surface area (Å²) in [6.45, 7) is 2.49. The van der Waals surface area contributed by atoms with Gasteiger partial charge in [-0.25, -0.2) is 0 Å². The fourth-order valence-electron chi connectivity index (χ4n) is 1.70. The molecule has 0 unspecified atom stereocenters. The standard InChI is InChI=1S/C15H13BrClNO2/c1-2-20-12-5-3-4-11(9-12)18-15(19)13-8-10(16)6-7-14(13)17/h3-9H,2H2,1H3,(H,18,19). The van der Waals surface area contributed by atoms with Crippen LogP contribution >= 0.6 is 27.5 Å². The van der Waals surface area contributed by atoms with Gasteiger partial charge in [-0.3, -0.25) is 4.79 Å². The molecule has 20 heavy (non-hydrogen) atoms. The summed E-state index contributed by atoms with van der Waals surface area (Å²) in [7, 11) is 0. The van der Waals surface area contributed by atoms with Gasteiger partial charge in [0.2, 0.25) is 0 Å². The molecule has 0 aliphatic heterocycles. The van der Waals surface area contributed by atoms with Crippen LogP contribution in [0.25, 0.3) is 0 Å². The fourth-order valence-corrected chi connectivity index (χ4v) is 2.26. The van der Waals surface area contributed by atoms with Crippen LogP contribution in [0.3, 0.4) is 0 Å². The van der Waals surface area contributed by atoms with Crippen molar-refractivity contribution in [2.45, 2.75) is 6.92 Å². The molecule has 0 aliphatic rings. The number of nitrogens with one attached hydrogen (secondary N) is 1. The van der Waals surface area contributed by atoms with E-state index >= 15 is 0 Å². The Balaban J connectivity index is 2.19. The molecule has 104 valence electrons. The third-order valence-electron chi connectivity index (χ3n) is 2.58. The van der Waals surface area contributed by atoms with Crippen LogP contribution in [0, 0.1) is 0 Å². The summed E-state index contributed by atoms with van der Waals surface area (Å²) in [6.07, 6.45) is 0. The predicted molar refractivity (Wildman–Crippen MR) is 84.7 cm³/mol. The molecule has 0 saturated heterocycles. The lowest BCUT2D eigenvalue weighted by Gasteiger charge is -2.09. The van der Waals surface area contributed by atoms with E-state index < -0.39 is 0 Å². The van der Waals surface area contributed by atoms with E-state index in [1.165, 1.54) is 0 Å². The van der Waals surface area contributed by atoms with E-state index in [0.717, 1.165) is 4.47 Å². The second-order valence-electron chi connectivity index (χ2n) is 4.04. The summed E-state index contributed by atoms with van der Waals surface area (Å²) in [5.74, 6) is 0.454. The fraction of sp³-hybridized carbons (Fsp3) is 0.133. The zero-order valence-corrected chi connectivity index (χ0v) is 13.2. The van der Waals surface area contributed by atoms with Crippen LogP contribution in [0.15, 0.2) is 46.9 Å². The first-order valence-electron chi connectivity index (χ1n) is 6.09. The molecule has 0 spiro atoms. The van der Waals surface area contributed by atoms with Crippen molar-refractivity contribution >= 4 is 39.1 Å². The largest absolute Gasteiger partial charge is 0.494 e. The van der Waals surface area contributed by atoms with Gasteiger partial charge in [-0.15, -0.1) is 0 Å². The first kappa shape index (κ1) is 14.9. The maximum Gasteiger partial charge on any atom is 0.257 e. The number of anilines is 1. The van der Waals surface area contributed by atoms with Crippen LogP contribution in [0.1, 0.15) is 17.3 Å². The molecule has 2 aromatic rings. The van der Waals surface area contributed by atoms with Gasteiger partial charge in [0.1, 0.15) is 5.75 Å². The van der Waals surface area contributed by atoms with Crippen molar-refractivity contribution in [2.75, 3.05) is 11.9 Å². The summed E-state index contributed by atoms with van der Waals surface area (Å²) in [5, 5.41) is 3.21. The maximum atomic E-state index is 12.2. The molecule has 0 aliphatic carbocycles. The second-order valence-corrected chi connectivity index (χ2v) is 5.36. The molecule has 0 saturated carbocycles. The number of carbonyl (C=O) groups is 1. The Morgan fingerprint density at radius 3 is 2.85 bits per heavy atom. The summed E-state index contributed by atoms with van der Waals surface area (Å²) in [4.78, 5) is 12.2. The highest BCUT2D eigenvalue weighted by Crippen LogP contribution is 2.23. The highest BCUT2D eigenvalue weighted by molar-refractivity contribution is 9.10. The third kappa shape index (κ3) is 3.74. The number of benzene rings is 2. The van der Waals surface area contributed by atoms with E-state index in [1.807, 2.05) is 19.1 Å². The Hall–Kier alpha value is -1.52. The van der Waals surface area contributed by atoms with Gasteiger partial charge in [-0.05, 0) is 37.3 Å². The monoisotopic (exact) mass is 353 g/mol. The smallest absolute Gasteiger partial charge is 0.257 e. The minimum absolute atomic E-state index is 0.259. The van der Waals surface area contributed by atoms with E-state index in [2.05, 4.69) is 21.2 Å². The van der Waals surface area contributed by atoms with Crippen LogP contribution in [0.4, 0.5) is 5.69 Å². The molecule has 0 fully saturated rings. The molecule has 2 rings (SSSR count). The zero-order chi connectivity index (χ0) is 14.5. The van der Waals surface area contributed by atoms with Crippen LogP contribution in [-0.4, -0.2) is 12.5 Å². The molecule has 1 amide bonds. The summed E-state index contributed by atoms with van der Waals surface area (Å²) in [6, 6.07) is 12.4. The van der Waals surface area contributed by atoms with Gasteiger partial charge >= 0.3 is 0 Å². The number of ether oxygens (including phenoxy) is 1. The summed E-state index contributed by atoms with van der Waals surface area (Å²) in [5.41, 5.74) is 1.08. The van der Waals surface area contributed by atoms with Crippen molar-refractivity contribution in [1.29, 1.82) is 0 Å². The highest BCUT2D eigenvalue weighted by atomic mass is 79.9. The Morgan fingerprint density at radius 1 is 1.30 bits per heavy atom. The first-order valence-corrected chi connectivity index (χ1v) is 7.26. The number of hydrogen-bond acceptors (Lipinski definition) is 2. The van der Waals surface area contributed by atoms with Gasteiger partial charge in [0, 0.05) is 16.2 Å². The Kier molecular flexibility index (Phi) is 5.04. The number of amides is 1. The Labute approximate surface area is 131 Å². The highest BCUT2D eigenvalue weighted by Gasteiger charge is 2.11. The van der Waals surface area contributed by atoms with Gasteiger partial charge < -0.3 is 10.1 Å². The molecule has 0 bridgehead atoms. The Bertz CT molecular complexity index is 631. The number of carbonyl (C=O) groups excluding carboxylic acids is 1. The van der Waals surface area contributed by atoms with Crippen LogP contribution in [0.5, 0.6) is 5.75 Å². The average molecular weight is 355 g/mol. The SMILES string of the molecule is CCOc1cccc(NC(=O)c2cc(Br)ccc2Cl)c1. The van der Waals surface area contributed by atoms with E-state index in [9.17, 15) is 4.79 Å². The second kappa shape index (κ2) is 6.77. The normalized spacial score (nSPS) is 10.2. The average Bonchev–Trinajstić information content (AvgIpc) is 2.42.